The molecule has 1 aromatic carbocycles. The molecule has 0 aliphatic rings. The summed E-state index contributed by atoms with van der Waals surface area (Å²) in [5, 5.41) is 11.1. The molecular weight excluding hydrogens is 372 g/mol. The molecule has 0 radical (unpaired) electrons. The van der Waals surface area contributed by atoms with E-state index in [1.807, 2.05) is 38.1 Å². The maximum Gasteiger partial charge on any atom is 0.255 e. The number of aromatic nitrogens is 1. The third-order valence-electron chi connectivity index (χ3n) is 4.75. The Morgan fingerprint density at radius 2 is 1.90 bits per heavy atom. The second kappa shape index (κ2) is 7.95. The maximum atomic E-state index is 13.4. The molecule has 7 nitrogen and oxygen atoms in total. The zero-order valence-electron chi connectivity index (χ0n) is 16.6. The van der Waals surface area contributed by atoms with Gasteiger partial charge in [0.2, 0.25) is 17.1 Å². The van der Waals surface area contributed by atoms with E-state index in [4.69, 9.17) is 10.2 Å². The predicted octanol–water partition coefficient (Wildman–Crippen LogP) is 2.63. The number of benzene rings is 1. The summed E-state index contributed by atoms with van der Waals surface area (Å²) in [6, 6.07) is 10.2. The number of carbonyl (C=O) groups is 1. The first-order valence-corrected chi connectivity index (χ1v) is 9.43. The zero-order chi connectivity index (χ0) is 21.3. The molecule has 0 bridgehead atoms. The van der Waals surface area contributed by atoms with Crippen LogP contribution in [0.15, 0.2) is 50.4 Å². The zero-order valence-corrected chi connectivity index (χ0v) is 16.6. The van der Waals surface area contributed by atoms with E-state index in [1.165, 1.54) is 0 Å². The Bertz CT molecular complexity index is 1190. The van der Waals surface area contributed by atoms with E-state index in [2.05, 4.69) is 0 Å². The first-order chi connectivity index (χ1) is 13.7. The van der Waals surface area contributed by atoms with Gasteiger partial charge in [0.25, 0.3) is 5.56 Å². The van der Waals surface area contributed by atoms with Gasteiger partial charge in [0, 0.05) is 24.6 Å². The molecule has 0 aliphatic heterocycles. The molecular formula is C22H24N2O5. The van der Waals surface area contributed by atoms with Crippen LogP contribution in [0.25, 0.3) is 10.9 Å². The Kier molecular flexibility index (Phi) is 5.59. The van der Waals surface area contributed by atoms with Crippen LogP contribution in [0.1, 0.15) is 43.3 Å². The van der Waals surface area contributed by atoms with E-state index >= 15 is 0 Å². The van der Waals surface area contributed by atoms with Gasteiger partial charge in [0.05, 0.1) is 11.4 Å². The molecule has 3 aromatic rings. The van der Waals surface area contributed by atoms with Crippen molar-refractivity contribution in [3.63, 3.8) is 0 Å². The summed E-state index contributed by atoms with van der Waals surface area (Å²) in [7, 11) is 0. The van der Waals surface area contributed by atoms with Crippen molar-refractivity contribution < 1.29 is 14.3 Å². The van der Waals surface area contributed by atoms with E-state index < -0.39 is 23.0 Å². The number of primary amides is 1. The van der Waals surface area contributed by atoms with E-state index in [1.54, 1.807) is 17.6 Å². The largest absolute Gasteiger partial charge is 0.502 e. The number of fused-ring (bicyclic) bond motifs is 1. The highest BCUT2D eigenvalue weighted by molar-refractivity contribution is 5.81. The van der Waals surface area contributed by atoms with Gasteiger partial charge in [0.1, 0.15) is 5.76 Å². The number of para-hydroxylation sites is 1. The van der Waals surface area contributed by atoms with Gasteiger partial charge in [-0.2, -0.15) is 0 Å². The third-order valence-corrected chi connectivity index (χ3v) is 4.75. The van der Waals surface area contributed by atoms with E-state index in [-0.39, 0.29) is 35.0 Å². The number of aromatic hydroxyl groups is 1. The Morgan fingerprint density at radius 1 is 1.21 bits per heavy atom. The summed E-state index contributed by atoms with van der Waals surface area (Å²) >= 11 is 0. The second-order valence-corrected chi connectivity index (χ2v) is 7.63. The molecule has 0 aliphatic carbocycles. The van der Waals surface area contributed by atoms with Crippen molar-refractivity contribution in [3.05, 3.63) is 74.1 Å². The molecule has 0 saturated carbocycles. The fourth-order valence-electron chi connectivity index (χ4n) is 3.55. The van der Waals surface area contributed by atoms with E-state index in [0.717, 1.165) is 17.0 Å². The summed E-state index contributed by atoms with van der Waals surface area (Å²) in [6.45, 7) is 6.03. The minimum Gasteiger partial charge on any atom is -0.502 e. The number of amides is 1. The summed E-state index contributed by atoms with van der Waals surface area (Å²) < 4.78 is 7.24. The van der Waals surface area contributed by atoms with Crippen molar-refractivity contribution in [2.45, 2.75) is 39.7 Å². The van der Waals surface area contributed by atoms with Gasteiger partial charge in [0.15, 0.2) is 5.76 Å². The number of nitrogens with zero attached hydrogens (tertiary/aromatic N) is 1. The summed E-state index contributed by atoms with van der Waals surface area (Å²) in [6.07, 6.45) is -0.283. The van der Waals surface area contributed by atoms with Crippen molar-refractivity contribution in [2.24, 2.45) is 11.7 Å². The van der Waals surface area contributed by atoms with Crippen LogP contribution in [0, 0.1) is 12.8 Å². The van der Waals surface area contributed by atoms with Crippen LogP contribution in [0.3, 0.4) is 0 Å². The highest BCUT2D eigenvalue weighted by Crippen LogP contribution is 2.32. The lowest BCUT2D eigenvalue weighted by atomic mass is 9.91. The fourth-order valence-corrected chi connectivity index (χ4v) is 3.55. The van der Waals surface area contributed by atoms with Crippen molar-refractivity contribution in [2.75, 3.05) is 0 Å². The smallest absolute Gasteiger partial charge is 0.255 e. The van der Waals surface area contributed by atoms with Crippen LogP contribution in [0.2, 0.25) is 0 Å². The molecule has 7 heteroatoms. The van der Waals surface area contributed by atoms with Crippen molar-refractivity contribution in [3.8, 4) is 5.75 Å². The lowest BCUT2D eigenvalue weighted by Crippen LogP contribution is -2.29. The first kappa shape index (κ1) is 20.4. The fraction of sp³-hybridized carbons (Fsp3) is 0.318. The van der Waals surface area contributed by atoms with Gasteiger partial charge >= 0.3 is 0 Å². The predicted molar refractivity (Wildman–Crippen MR) is 110 cm³/mol. The molecule has 3 rings (SSSR count). The molecule has 0 unspecified atom stereocenters. The molecule has 1 amide bonds. The SMILES string of the molecule is Cc1cc(=O)c(O)c([C@@H](CC(N)=O)c2cc3ccccc3n(CC(C)C)c2=O)o1. The lowest BCUT2D eigenvalue weighted by molar-refractivity contribution is -0.118. The molecule has 1 atom stereocenters. The molecule has 2 aromatic heterocycles. The monoisotopic (exact) mass is 396 g/mol. The topological polar surface area (TPSA) is 116 Å². The van der Waals surface area contributed by atoms with Gasteiger partial charge in [-0.25, -0.2) is 0 Å². The normalized spacial score (nSPS) is 12.4. The Morgan fingerprint density at radius 3 is 2.55 bits per heavy atom. The van der Waals surface area contributed by atoms with Crippen molar-refractivity contribution in [1.29, 1.82) is 0 Å². The van der Waals surface area contributed by atoms with Crippen LogP contribution in [0.5, 0.6) is 5.75 Å². The van der Waals surface area contributed by atoms with Gasteiger partial charge in [-0.15, -0.1) is 0 Å². The number of nitrogens with two attached hydrogens (primary N) is 1. The van der Waals surface area contributed by atoms with Crippen LogP contribution in [0.4, 0.5) is 0 Å². The van der Waals surface area contributed by atoms with Crippen molar-refractivity contribution >= 4 is 16.8 Å². The number of aryl methyl sites for hydroxylation is 1. The number of rotatable bonds is 6. The van der Waals surface area contributed by atoms with Crippen LogP contribution in [-0.2, 0) is 11.3 Å². The minimum absolute atomic E-state index is 0.128. The quantitative estimate of drug-likeness (QED) is 0.664. The molecule has 0 fully saturated rings. The van der Waals surface area contributed by atoms with Gasteiger partial charge in [-0.1, -0.05) is 32.0 Å². The summed E-state index contributed by atoms with van der Waals surface area (Å²) in [5.74, 6) is -1.94. The lowest BCUT2D eigenvalue weighted by Gasteiger charge is -2.20. The van der Waals surface area contributed by atoms with Crippen LogP contribution >= 0.6 is 0 Å². The van der Waals surface area contributed by atoms with Crippen LogP contribution in [-0.4, -0.2) is 15.6 Å². The second-order valence-electron chi connectivity index (χ2n) is 7.63. The molecule has 0 saturated heterocycles. The van der Waals surface area contributed by atoms with E-state index in [9.17, 15) is 19.5 Å². The number of pyridine rings is 1. The molecule has 152 valence electrons. The number of carbonyl (C=O) groups excluding carboxylic acids is 1. The molecule has 3 N–H and O–H groups in total. The first-order valence-electron chi connectivity index (χ1n) is 9.43. The minimum atomic E-state index is -0.976. The van der Waals surface area contributed by atoms with Crippen LogP contribution < -0.4 is 16.7 Å². The standard InChI is InChI=1S/C22H24N2O5/c1-12(2)11-24-17-7-5-4-6-14(17)9-16(22(24)28)15(10-19(23)26)21-20(27)18(25)8-13(3)29-21/h4-9,12,15,27H,10-11H2,1-3H3,(H2,23,26)/t15-/m0/s1. The van der Waals surface area contributed by atoms with Gasteiger partial charge < -0.3 is 19.8 Å². The number of hydrogen-bond acceptors (Lipinski definition) is 5. The van der Waals surface area contributed by atoms with Gasteiger partial charge in [-0.05, 0) is 30.4 Å². The third kappa shape index (κ3) is 4.08. The van der Waals surface area contributed by atoms with Gasteiger partial charge in [-0.3, -0.25) is 14.4 Å². The average Bonchev–Trinajstić information content (AvgIpc) is 2.64. The van der Waals surface area contributed by atoms with Crippen molar-refractivity contribution in [1.82, 2.24) is 4.57 Å². The summed E-state index contributed by atoms with van der Waals surface area (Å²) in [5.41, 5.74) is 5.49. The Hall–Kier alpha value is -3.35. The Labute approximate surface area is 167 Å². The molecule has 0 spiro atoms. The average molecular weight is 396 g/mol. The molecule has 2 heterocycles. The highest BCUT2D eigenvalue weighted by Gasteiger charge is 2.28. The Balaban J connectivity index is 2.35. The van der Waals surface area contributed by atoms with E-state index in [0.29, 0.717) is 6.54 Å². The maximum absolute atomic E-state index is 13.4. The molecule has 29 heavy (non-hydrogen) atoms. The summed E-state index contributed by atoms with van der Waals surface area (Å²) in [4.78, 5) is 37.3. The highest BCUT2D eigenvalue weighted by atomic mass is 16.4. The number of hydrogen-bond donors (Lipinski definition) is 2.